The Balaban J connectivity index is 1.48. The Morgan fingerprint density at radius 2 is 2.29 bits per heavy atom. The van der Waals surface area contributed by atoms with Gasteiger partial charge in [-0.2, -0.15) is 0 Å². The second-order valence-corrected chi connectivity index (χ2v) is 6.99. The van der Waals surface area contributed by atoms with Crippen LogP contribution < -0.4 is 0 Å². The van der Waals surface area contributed by atoms with Crippen molar-refractivity contribution in [3.8, 4) is 0 Å². The number of aliphatic hydroxyl groups excluding tert-OH is 1. The minimum Gasteiger partial charge on any atom is -0.390 e. The van der Waals surface area contributed by atoms with Crippen LogP contribution in [0.3, 0.4) is 0 Å². The summed E-state index contributed by atoms with van der Waals surface area (Å²) in [6.07, 6.45) is 6.37. The molecule has 1 spiro atoms. The number of ether oxygens (including phenoxy) is 1. The van der Waals surface area contributed by atoms with Crippen LogP contribution in [0.1, 0.15) is 31.2 Å². The zero-order valence-corrected chi connectivity index (χ0v) is 14.4. The second kappa shape index (κ2) is 7.59. The predicted octanol–water partition coefficient (Wildman–Crippen LogP) is 1.05. The fraction of sp³-hybridized carbons (Fsp3) is 0.667. The molecule has 2 aliphatic rings. The Morgan fingerprint density at radius 1 is 1.50 bits per heavy atom. The molecule has 24 heavy (non-hydrogen) atoms. The van der Waals surface area contributed by atoms with Gasteiger partial charge in [-0.05, 0) is 44.4 Å². The van der Waals surface area contributed by atoms with Gasteiger partial charge in [-0.25, -0.2) is 0 Å². The van der Waals surface area contributed by atoms with Crippen LogP contribution >= 0.6 is 0 Å². The second-order valence-electron chi connectivity index (χ2n) is 6.99. The third-order valence-corrected chi connectivity index (χ3v) is 5.16. The molecule has 2 fully saturated rings. The number of hydrogen-bond donors (Lipinski definition) is 1. The molecule has 6 nitrogen and oxygen atoms in total. The van der Waals surface area contributed by atoms with E-state index in [-0.39, 0.29) is 5.91 Å². The summed E-state index contributed by atoms with van der Waals surface area (Å²) in [6.45, 7) is 3.15. The van der Waals surface area contributed by atoms with E-state index >= 15 is 0 Å². The molecule has 1 N–H and O–H groups in total. The fourth-order valence-electron chi connectivity index (χ4n) is 3.71. The topological polar surface area (TPSA) is 65.9 Å². The van der Waals surface area contributed by atoms with Crippen molar-refractivity contribution in [1.29, 1.82) is 0 Å². The summed E-state index contributed by atoms with van der Waals surface area (Å²) in [5.74, 6) is 0.140. The highest BCUT2D eigenvalue weighted by molar-refractivity contribution is 5.78. The van der Waals surface area contributed by atoms with Crippen molar-refractivity contribution in [3.05, 3.63) is 30.1 Å². The first kappa shape index (κ1) is 17.3. The monoisotopic (exact) mass is 333 g/mol. The number of piperidine rings is 1. The van der Waals surface area contributed by atoms with Crippen molar-refractivity contribution < 1.29 is 14.6 Å². The van der Waals surface area contributed by atoms with Crippen LogP contribution in [0.15, 0.2) is 24.5 Å². The smallest absolute Gasteiger partial charge is 0.236 e. The quantitative estimate of drug-likeness (QED) is 0.892. The maximum Gasteiger partial charge on any atom is 0.236 e. The standard InChI is InChI=1S/C18H27N3O3/c1-20(13-15-4-2-8-19-12-15)14-17(23)21-9-6-18(7-10-21)16(22)5-3-11-24-18/h2,4,8,12,16,22H,3,5-7,9-11,13-14H2,1H3/t16-/m1/s1. The minimum atomic E-state index is -0.420. The molecule has 0 aromatic carbocycles. The van der Waals surface area contributed by atoms with Crippen molar-refractivity contribution in [2.75, 3.05) is 33.3 Å². The molecule has 132 valence electrons. The largest absolute Gasteiger partial charge is 0.390 e. The maximum absolute atomic E-state index is 12.5. The molecule has 0 saturated carbocycles. The molecule has 0 unspecified atom stereocenters. The molecule has 3 rings (SSSR count). The highest BCUT2D eigenvalue weighted by Crippen LogP contribution is 2.35. The number of nitrogens with zero attached hydrogens (tertiary/aromatic N) is 3. The summed E-state index contributed by atoms with van der Waals surface area (Å²) >= 11 is 0. The molecule has 1 aromatic rings. The SMILES string of the molecule is CN(CC(=O)N1CCC2(CC1)OCCC[C@H]2O)Cc1cccnc1. The van der Waals surface area contributed by atoms with Crippen molar-refractivity contribution in [2.24, 2.45) is 0 Å². The van der Waals surface area contributed by atoms with Gasteiger partial charge in [0.05, 0.1) is 18.2 Å². The highest BCUT2D eigenvalue weighted by atomic mass is 16.5. The van der Waals surface area contributed by atoms with Gasteiger partial charge in [-0.15, -0.1) is 0 Å². The molecule has 6 heteroatoms. The molecule has 2 aliphatic heterocycles. The van der Waals surface area contributed by atoms with Crippen LogP contribution in [0.4, 0.5) is 0 Å². The Kier molecular flexibility index (Phi) is 5.48. The van der Waals surface area contributed by atoms with Gasteiger partial charge in [0, 0.05) is 38.6 Å². The first-order chi connectivity index (χ1) is 11.6. The number of rotatable bonds is 4. The van der Waals surface area contributed by atoms with E-state index < -0.39 is 11.7 Å². The van der Waals surface area contributed by atoms with Gasteiger partial charge in [0.1, 0.15) is 0 Å². The molecule has 2 saturated heterocycles. The summed E-state index contributed by atoms with van der Waals surface area (Å²) in [4.78, 5) is 20.5. The lowest BCUT2D eigenvalue weighted by Crippen LogP contribution is -2.56. The van der Waals surface area contributed by atoms with E-state index in [9.17, 15) is 9.90 Å². The summed E-state index contributed by atoms with van der Waals surface area (Å²) in [5.41, 5.74) is 0.681. The Labute approximate surface area is 143 Å². The fourth-order valence-corrected chi connectivity index (χ4v) is 3.71. The zero-order chi connectivity index (χ0) is 17.0. The van der Waals surface area contributed by atoms with E-state index in [1.54, 1.807) is 6.20 Å². The van der Waals surface area contributed by atoms with Crippen molar-refractivity contribution in [1.82, 2.24) is 14.8 Å². The van der Waals surface area contributed by atoms with Gasteiger partial charge in [0.15, 0.2) is 0 Å². The van der Waals surface area contributed by atoms with Gasteiger partial charge in [-0.3, -0.25) is 14.7 Å². The predicted molar refractivity (Wildman–Crippen MR) is 90.3 cm³/mol. The third-order valence-electron chi connectivity index (χ3n) is 5.16. The van der Waals surface area contributed by atoms with Crippen LogP contribution in [0, 0.1) is 0 Å². The lowest BCUT2D eigenvalue weighted by Gasteiger charge is -2.46. The molecule has 1 aromatic heterocycles. The molecular formula is C18H27N3O3. The highest BCUT2D eigenvalue weighted by Gasteiger charge is 2.44. The van der Waals surface area contributed by atoms with Crippen LogP contribution in [0.2, 0.25) is 0 Å². The number of aliphatic hydroxyl groups is 1. The maximum atomic E-state index is 12.5. The lowest BCUT2D eigenvalue weighted by molar-refractivity contribution is -0.179. The first-order valence-electron chi connectivity index (χ1n) is 8.76. The van der Waals surface area contributed by atoms with E-state index in [0.717, 1.165) is 37.9 Å². The average molecular weight is 333 g/mol. The molecule has 0 aliphatic carbocycles. The van der Waals surface area contributed by atoms with Crippen molar-refractivity contribution >= 4 is 5.91 Å². The van der Waals surface area contributed by atoms with E-state index in [0.29, 0.717) is 26.2 Å². The Bertz CT molecular complexity index is 544. The molecular weight excluding hydrogens is 306 g/mol. The molecule has 0 radical (unpaired) electrons. The number of likely N-dealkylation sites (N-methyl/N-ethyl adjacent to an activating group) is 1. The molecule has 1 amide bonds. The molecule has 1 atom stereocenters. The van der Waals surface area contributed by atoms with Crippen molar-refractivity contribution in [2.45, 2.75) is 43.9 Å². The summed E-state index contributed by atoms with van der Waals surface area (Å²) in [6, 6.07) is 3.92. The number of amides is 1. The van der Waals surface area contributed by atoms with Crippen LogP contribution in [0.5, 0.6) is 0 Å². The van der Waals surface area contributed by atoms with E-state index in [1.807, 2.05) is 35.2 Å². The number of hydrogen-bond acceptors (Lipinski definition) is 5. The lowest BCUT2D eigenvalue weighted by atomic mass is 9.82. The summed E-state index contributed by atoms with van der Waals surface area (Å²) < 4.78 is 5.90. The third kappa shape index (κ3) is 3.94. The van der Waals surface area contributed by atoms with Gasteiger partial charge < -0.3 is 14.7 Å². The van der Waals surface area contributed by atoms with Gasteiger partial charge >= 0.3 is 0 Å². The zero-order valence-electron chi connectivity index (χ0n) is 14.4. The number of aromatic nitrogens is 1. The Hall–Kier alpha value is -1.50. The number of pyridine rings is 1. The first-order valence-corrected chi connectivity index (χ1v) is 8.76. The van der Waals surface area contributed by atoms with Gasteiger partial charge in [-0.1, -0.05) is 6.07 Å². The van der Waals surface area contributed by atoms with E-state index in [4.69, 9.17) is 4.74 Å². The van der Waals surface area contributed by atoms with Crippen LogP contribution in [-0.2, 0) is 16.1 Å². The molecule has 0 bridgehead atoms. The summed E-state index contributed by atoms with van der Waals surface area (Å²) in [7, 11) is 1.95. The van der Waals surface area contributed by atoms with E-state index in [2.05, 4.69) is 4.98 Å². The van der Waals surface area contributed by atoms with Gasteiger partial charge in [0.2, 0.25) is 5.91 Å². The Morgan fingerprint density at radius 3 is 2.96 bits per heavy atom. The van der Waals surface area contributed by atoms with Crippen LogP contribution in [0.25, 0.3) is 0 Å². The minimum absolute atomic E-state index is 0.140. The number of likely N-dealkylation sites (tertiary alicyclic amines) is 1. The van der Waals surface area contributed by atoms with E-state index in [1.165, 1.54) is 0 Å². The van der Waals surface area contributed by atoms with Gasteiger partial charge in [0.25, 0.3) is 0 Å². The molecule has 3 heterocycles. The number of carbonyl (C=O) groups is 1. The average Bonchev–Trinajstić information content (AvgIpc) is 2.59. The normalized spacial score (nSPS) is 23.6. The van der Waals surface area contributed by atoms with Crippen molar-refractivity contribution in [3.63, 3.8) is 0 Å². The number of carbonyl (C=O) groups excluding carboxylic acids is 1. The van der Waals surface area contributed by atoms with Crippen LogP contribution in [-0.4, -0.2) is 70.8 Å². The summed E-state index contributed by atoms with van der Waals surface area (Å²) in [5, 5.41) is 10.3.